The van der Waals surface area contributed by atoms with Crippen molar-refractivity contribution in [1.82, 2.24) is 10.2 Å². The lowest BCUT2D eigenvalue weighted by Crippen LogP contribution is -2.51. The van der Waals surface area contributed by atoms with Gasteiger partial charge in [-0.05, 0) is 43.6 Å². The number of carbonyl (C=O) groups is 1. The van der Waals surface area contributed by atoms with Crippen molar-refractivity contribution in [2.24, 2.45) is 5.41 Å². The van der Waals surface area contributed by atoms with Crippen molar-refractivity contribution < 1.29 is 9.53 Å². The van der Waals surface area contributed by atoms with Gasteiger partial charge in [-0.15, -0.1) is 0 Å². The average Bonchev–Trinajstić information content (AvgIpc) is 2.55. The first-order chi connectivity index (χ1) is 10.7. The molecule has 0 bridgehead atoms. The van der Waals surface area contributed by atoms with Crippen LogP contribution in [-0.2, 0) is 11.3 Å². The maximum absolute atomic E-state index is 12.4. The van der Waals surface area contributed by atoms with E-state index < -0.39 is 0 Å². The van der Waals surface area contributed by atoms with Crippen molar-refractivity contribution in [3.8, 4) is 0 Å². The number of hydrogen-bond donors (Lipinski definition) is 1. The van der Waals surface area contributed by atoms with Gasteiger partial charge < -0.3 is 15.0 Å². The molecule has 2 saturated heterocycles. The summed E-state index contributed by atoms with van der Waals surface area (Å²) in [5, 5.41) is 3.07. The van der Waals surface area contributed by atoms with Gasteiger partial charge in [-0.3, -0.25) is 0 Å². The molecule has 0 saturated carbocycles. The van der Waals surface area contributed by atoms with Gasteiger partial charge >= 0.3 is 6.03 Å². The molecule has 0 radical (unpaired) electrons. The summed E-state index contributed by atoms with van der Waals surface area (Å²) in [5.41, 5.74) is 2.70. The zero-order valence-electron chi connectivity index (χ0n) is 13.4. The molecule has 1 aromatic carbocycles. The monoisotopic (exact) mass is 302 g/mol. The predicted octanol–water partition coefficient (Wildman–Crippen LogP) is 3.10. The standard InChI is InChI=1S/C18H26N2O2/c1-15-3-5-16(6-4-15)13-19-17(21)20-10-2-7-18(14-20)8-11-22-12-9-18/h3-6H,2,7-14H2,1H3,(H,19,21). The highest BCUT2D eigenvalue weighted by atomic mass is 16.5. The minimum Gasteiger partial charge on any atom is -0.381 e. The first kappa shape index (κ1) is 15.3. The molecule has 120 valence electrons. The van der Waals surface area contributed by atoms with Crippen molar-refractivity contribution in [3.05, 3.63) is 35.4 Å². The molecule has 3 rings (SSSR count). The molecule has 22 heavy (non-hydrogen) atoms. The van der Waals surface area contributed by atoms with Gasteiger partial charge in [0.15, 0.2) is 0 Å². The Balaban J connectivity index is 1.54. The van der Waals surface area contributed by atoms with E-state index >= 15 is 0 Å². The highest BCUT2D eigenvalue weighted by molar-refractivity contribution is 5.74. The Morgan fingerprint density at radius 1 is 1.23 bits per heavy atom. The summed E-state index contributed by atoms with van der Waals surface area (Å²) < 4.78 is 5.49. The topological polar surface area (TPSA) is 41.6 Å². The number of rotatable bonds is 2. The smallest absolute Gasteiger partial charge is 0.317 e. The van der Waals surface area contributed by atoms with Gasteiger partial charge in [0.05, 0.1) is 0 Å². The lowest BCUT2D eigenvalue weighted by Gasteiger charge is -2.45. The minimum absolute atomic E-state index is 0.0751. The number of aryl methyl sites for hydroxylation is 1. The Labute approximate surface area is 132 Å². The molecule has 0 unspecified atom stereocenters. The third kappa shape index (κ3) is 3.61. The van der Waals surface area contributed by atoms with E-state index in [2.05, 4.69) is 36.5 Å². The molecular formula is C18H26N2O2. The molecular weight excluding hydrogens is 276 g/mol. The van der Waals surface area contributed by atoms with Crippen molar-refractivity contribution in [2.75, 3.05) is 26.3 Å². The number of urea groups is 1. The van der Waals surface area contributed by atoms with Gasteiger partial charge in [-0.1, -0.05) is 29.8 Å². The molecule has 1 spiro atoms. The average molecular weight is 302 g/mol. The first-order valence-electron chi connectivity index (χ1n) is 8.33. The quantitative estimate of drug-likeness (QED) is 0.912. The number of carbonyl (C=O) groups excluding carboxylic acids is 1. The lowest BCUT2D eigenvalue weighted by molar-refractivity contribution is -0.0186. The fourth-order valence-corrected chi connectivity index (χ4v) is 3.59. The second-order valence-electron chi connectivity index (χ2n) is 6.78. The van der Waals surface area contributed by atoms with Crippen molar-refractivity contribution in [2.45, 2.75) is 39.2 Å². The van der Waals surface area contributed by atoms with Crippen LogP contribution in [0.2, 0.25) is 0 Å². The number of likely N-dealkylation sites (tertiary alicyclic amines) is 1. The fraction of sp³-hybridized carbons (Fsp3) is 0.611. The van der Waals surface area contributed by atoms with Crippen LogP contribution in [0.3, 0.4) is 0 Å². The molecule has 2 aliphatic rings. The van der Waals surface area contributed by atoms with Gasteiger partial charge in [0, 0.05) is 32.8 Å². The van der Waals surface area contributed by atoms with Crippen LogP contribution in [0, 0.1) is 12.3 Å². The van der Waals surface area contributed by atoms with Gasteiger partial charge in [0.25, 0.3) is 0 Å². The van der Waals surface area contributed by atoms with Gasteiger partial charge in [-0.2, -0.15) is 0 Å². The fourth-order valence-electron chi connectivity index (χ4n) is 3.59. The highest BCUT2D eigenvalue weighted by Crippen LogP contribution is 2.39. The molecule has 1 N–H and O–H groups in total. The van der Waals surface area contributed by atoms with Crippen molar-refractivity contribution in [3.63, 3.8) is 0 Å². The number of hydrogen-bond acceptors (Lipinski definition) is 2. The van der Waals surface area contributed by atoms with E-state index in [0.29, 0.717) is 12.0 Å². The molecule has 4 heteroatoms. The lowest BCUT2D eigenvalue weighted by atomic mass is 9.74. The molecule has 0 atom stereocenters. The van der Waals surface area contributed by atoms with Crippen LogP contribution in [0.5, 0.6) is 0 Å². The Morgan fingerprint density at radius 3 is 2.68 bits per heavy atom. The number of ether oxygens (including phenoxy) is 1. The van der Waals surface area contributed by atoms with Gasteiger partial charge in [0.1, 0.15) is 0 Å². The van der Waals surface area contributed by atoms with Gasteiger partial charge in [0.2, 0.25) is 0 Å². The maximum atomic E-state index is 12.4. The second kappa shape index (κ2) is 6.69. The Morgan fingerprint density at radius 2 is 1.95 bits per heavy atom. The zero-order valence-corrected chi connectivity index (χ0v) is 13.4. The zero-order chi connectivity index (χ0) is 15.4. The Bertz CT molecular complexity index is 501. The van der Waals surface area contributed by atoms with E-state index in [1.807, 2.05) is 4.90 Å². The normalized spacial score (nSPS) is 20.9. The SMILES string of the molecule is Cc1ccc(CNC(=O)N2CCCC3(CCOCC3)C2)cc1. The summed E-state index contributed by atoms with van der Waals surface area (Å²) in [4.78, 5) is 14.5. The maximum Gasteiger partial charge on any atom is 0.317 e. The second-order valence-corrected chi connectivity index (χ2v) is 6.78. The number of amides is 2. The van der Waals surface area contributed by atoms with E-state index in [1.54, 1.807) is 0 Å². The molecule has 2 heterocycles. The summed E-state index contributed by atoms with van der Waals surface area (Å²) in [5.74, 6) is 0. The van der Waals surface area contributed by atoms with Crippen LogP contribution in [0.1, 0.15) is 36.8 Å². The molecule has 0 aliphatic carbocycles. The Hall–Kier alpha value is -1.55. The summed E-state index contributed by atoms with van der Waals surface area (Å²) in [7, 11) is 0. The van der Waals surface area contributed by atoms with Crippen LogP contribution in [0.4, 0.5) is 4.79 Å². The third-order valence-electron chi connectivity index (χ3n) is 5.07. The van der Waals surface area contributed by atoms with Crippen LogP contribution < -0.4 is 5.32 Å². The first-order valence-corrected chi connectivity index (χ1v) is 8.33. The van der Waals surface area contributed by atoms with Crippen LogP contribution in [0.15, 0.2) is 24.3 Å². The van der Waals surface area contributed by atoms with E-state index in [4.69, 9.17) is 4.74 Å². The van der Waals surface area contributed by atoms with E-state index in [-0.39, 0.29) is 6.03 Å². The number of benzene rings is 1. The molecule has 2 fully saturated rings. The van der Waals surface area contributed by atoms with E-state index in [9.17, 15) is 4.79 Å². The third-order valence-corrected chi connectivity index (χ3v) is 5.07. The van der Waals surface area contributed by atoms with Crippen LogP contribution in [0.25, 0.3) is 0 Å². The van der Waals surface area contributed by atoms with E-state index in [0.717, 1.165) is 51.1 Å². The molecule has 2 amide bonds. The minimum atomic E-state index is 0.0751. The van der Waals surface area contributed by atoms with Crippen LogP contribution >= 0.6 is 0 Å². The molecule has 2 aliphatic heterocycles. The molecule has 4 nitrogen and oxygen atoms in total. The molecule has 0 aromatic heterocycles. The number of nitrogens with zero attached hydrogens (tertiary/aromatic N) is 1. The van der Waals surface area contributed by atoms with Crippen molar-refractivity contribution in [1.29, 1.82) is 0 Å². The predicted molar refractivity (Wildman–Crippen MR) is 86.7 cm³/mol. The largest absolute Gasteiger partial charge is 0.381 e. The number of nitrogens with one attached hydrogen (secondary N) is 1. The summed E-state index contributed by atoms with van der Waals surface area (Å²) in [6.45, 7) is 6.13. The summed E-state index contributed by atoms with van der Waals surface area (Å²) >= 11 is 0. The summed E-state index contributed by atoms with van der Waals surface area (Å²) in [6, 6.07) is 8.39. The van der Waals surface area contributed by atoms with Crippen LogP contribution in [-0.4, -0.2) is 37.2 Å². The van der Waals surface area contributed by atoms with Gasteiger partial charge in [-0.25, -0.2) is 4.79 Å². The molecule has 1 aromatic rings. The highest BCUT2D eigenvalue weighted by Gasteiger charge is 2.38. The van der Waals surface area contributed by atoms with E-state index in [1.165, 1.54) is 12.0 Å². The summed E-state index contributed by atoms with van der Waals surface area (Å²) in [6.07, 6.45) is 4.53. The number of piperidine rings is 1. The Kier molecular flexibility index (Phi) is 4.67. The van der Waals surface area contributed by atoms with Crippen molar-refractivity contribution >= 4 is 6.03 Å².